The monoisotopic (exact) mass is 563 g/mol. The Hall–Kier alpha value is -2.40. The molecule has 0 amide bonds. The highest BCUT2D eigenvalue weighted by Gasteiger charge is 2.68. The summed E-state index contributed by atoms with van der Waals surface area (Å²) >= 11 is 0. The molecule has 3 aliphatic rings. The van der Waals surface area contributed by atoms with Crippen molar-refractivity contribution in [2.45, 2.75) is 105 Å². The Balaban J connectivity index is 1.60. The third-order valence-electron chi connectivity index (χ3n) is 10.8. The van der Waals surface area contributed by atoms with Crippen molar-refractivity contribution in [3.8, 4) is 0 Å². The van der Waals surface area contributed by atoms with Gasteiger partial charge in [0.05, 0.1) is 11.0 Å². The normalized spacial score (nSPS) is 32.6. The second-order valence-electron chi connectivity index (χ2n) is 14.2. The summed E-state index contributed by atoms with van der Waals surface area (Å²) in [4.78, 5) is 30.0. The Morgan fingerprint density at radius 2 is 1.93 bits per heavy atom. The highest BCUT2D eigenvalue weighted by molar-refractivity contribution is 5.91. The van der Waals surface area contributed by atoms with Crippen LogP contribution in [0.15, 0.2) is 54.1 Å². The first kappa shape index (κ1) is 31.5. The van der Waals surface area contributed by atoms with Gasteiger partial charge in [-0.2, -0.15) is 0 Å². The fraction of sp³-hybridized carbons (Fsp3) is 0.667. The number of ether oxygens (including phenoxy) is 1. The molecule has 1 aromatic rings. The second kappa shape index (κ2) is 12.1. The molecule has 1 aromatic carbocycles. The fourth-order valence-corrected chi connectivity index (χ4v) is 8.54. The van der Waals surface area contributed by atoms with Crippen LogP contribution in [0.4, 0.5) is 5.69 Å². The van der Waals surface area contributed by atoms with Crippen molar-refractivity contribution in [2.75, 3.05) is 18.1 Å². The standard InChI is InChI=1S/C36H53NO4/c1-9-10-15-24(2)21-35(8,40)36(26(4)20-29-31(34(29,6)7)27(5)32(36)38)22-25(3)23-41-33(39)30-18-14-19-37(30)28-16-12-11-13-17-28/h11-13,16-17,22,26-27,29-31,40H,2,9-10,14-15,18-21,23H2,1,3-8H3/b25-22-/t26-,27?,29?,30+,31+,35?,36?/m1/s1. The molecular formula is C36H53NO4. The first-order valence-electron chi connectivity index (χ1n) is 15.9. The number of rotatable bonds is 11. The van der Waals surface area contributed by atoms with Crippen LogP contribution in [0.3, 0.4) is 0 Å². The average molecular weight is 564 g/mol. The third kappa shape index (κ3) is 5.94. The van der Waals surface area contributed by atoms with Gasteiger partial charge in [0.25, 0.3) is 0 Å². The number of carbonyl (C=O) groups is 2. The molecule has 0 bridgehead atoms. The fourth-order valence-electron chi connectivity index (χ4n) is 8.54. The number of fused-ring (bicyclic) bond motifs is 1. The minimum absolute atomic E-state index is 0.0581. The highest BCUT2D eigenvalue weighted by atomic mass is 16.5. The maximum atomic E-state index is 14.6. The van der Waals surface area contributed by atoms with Gasteiger partial charge in [0.15, 0.2) is 0 Å². The van der Waals surface area contributed by atoms with Gasteiger partial charge in [-0.1, -0.05) is 77.5 Å². The molecule has 1 heterocycles. The minimum Gasteiger partial charge on any atom is -0.460 e. The number of benzene rings is 1. The lowest BCUT2D eigenvalue weighted by atomic mass is 9.57. The van der Waals surface area contributed by atoms with Crippen LogP contribution in [-0.4, -0.2) is 41.7 Å². The van der Waals surface area contributed by atoms with E-state index in [2.05, 4.69) is 46.1 Å². The number of hydrogen-bond donors (Lipinski definition) is 1. The van der Waals surface area contributed by atoms with Gasteiger partial charge in [-0.05, 0) is 93.2 Å². The lowest BCUT2D eigenvalue weighted by Crippen LogP contribution is -2.56. The molecule has 2 saturated carbocycles. The number of ketones is 1. The van der Waals surface area contributed by atoms with Crippen LogP contribution < -0.4 is 4.90 Å². The predicted molar refractivity (Wildman–Crippen MR) is 167 cm³/mol. The van der Waals surface area contributed by atoms with Gasteiger partial charge < -0.3 is 14.7 Å². The van der Waals surface area contributed by atoms with Gasteiger partial charge in [0.2, 0.25) is 0 Å². The van der Waals surface area contributed by atoms with Gasteiger partial charge in [0, 0.05) is 18.2 Å². The summed E-state index contributed by atoms with van der Waals surface area (Å²) in [5.74, 6) is 0.473. The van der Waals surface area contributed by atoms with E-state index in [9.17, 15) is 14.7 Å². The molecule has 1 aliphatic heterocycles. The van der Waals surface area contributed by atoms with E-state index >= 15 is 0 Å². The van der Waals surface area contributed by atoms with Crippen LogP contribution >= 0.6 is 0 Å². The van der Waals surface area contributed by atoms with Crippen LogP contribution in [0.1, 0.15) is 93.4 Å². The molecule has 0 radical (unpaired) electrons. The number of esters is 1. The molecule has 5 nitrogen and oxygen atoms in total. The van der Waals surface area contributed by atoms with E-state index in [4.69, 9.17) is 4.74 Å². The topological polar surface area (TPSA) is 66.8 Å². The zero-order valence-corrected chi connectivity index (χ0v) is 26.5. The molecule has 4 unspecified atom stereocenters. The largest absolute Gasteiger partial charge is 0.460 e. The zero-order valence-electron chi connectivity index (χ0n) is 26.5. The van der Waals surface area contributed by atoms with Crippen molar-refractivity contribution in [2.24, 2.45) is 34.5 Å². The Bertz CT molecular complexity index is 1150. The Labute approximate surface area is 248 Å². The van der Waals surface area contributed by atoms with E-state index in [0.29, 0.717) is 18.3 Å². The van der Waals surface area contributed by atoms with Gasteiger partial charge in [-0.25, -0.2) is 4.79 Å². The lowest BCUT2D eigenvalue weighted by molar-refractivity contribution is -0.150. The molecule has 1 N–H and O–H groups in total. The van der Waals surface area contributed by atoms with Crippen molar-refractivity contribution in [1.82, 2.24) is 0 Å². The number of Topliss-reactive ketones (excluding diaryl/α,β-unsaturated/α-hetero) is 1. The van der Waals surface area contributed by atoms with E-state index in [1.54, 1.807) is 0 Å². The summed E-state index contributed by atoms with van der Waals surface area (Å²) in [5.41, 5.74) is 0.593. The number of anilines is 1. The van der Waals surface area contributed by atoms with E-state index in [-0.39, 0.29) is 41.7 Å². The Kier molecular flexibility index (Phi) is 9.28. The SMILES string of the molecule is C=C(CCCC)CC(C)(O)C1(/C=C(/C)COC(=O)[C@@H]2CCCN2c2ccccc2)C(=O)C(C)[C@H]2C(C[C@H]1C)C2(C)C. The number of unbranched alkanes of at least 4 members (excludes halogenated alkanes) is 1. The first-order valence-corrected chi connectivity index (χ1v) is 15.9. The Morgan fingerprint density at radius 1 is 1.24 bits per heavy atom. The first-order chi connectivity index (χ1) is 19.3. The minimum atomic E-state index is -1.30. The molecular weight excluding hydrogens is 510 g/mol. The van der Waals surface area contributed by atoms with Crippen molar-refractivity contribution >= 4 is 17.4 Å². The van der Waals surface area contributed by atoms with E-state index in [0.717, 1.165) is 61.9 Å². The van der Waals surface area contributed by atoms with Crippen molar-refractivity contribution in [1.29, 1.82) is 0 Å². The molecule has 7 atom stereocenters. The molecule has 0 spiro atoms. The number of hydrogen-bond acceptors (Lipinski definition) is 5. The number of para-hydroxylation sites is 1. The number of aliphatic hydroxyl groups is 1. The van der Waals surface area contributed by atoms with Crippen LogP contribution in [-0.2, 0) is 14.3 Å². The van der Waals surface area contributed by atoms with E-state index in [1.807, 2.05) is 50.3 Å². The molecule has 4 rings (SSSR count). The molecule has 5 heteroatoms. The predicted octanol–water partition coefficient (Wildman–Crippen LogP) is 7.54. The highest BCUT2D eigenvalue weighted by Crippen LogP contribution is 2.69. The molecule has 41 heavy (non-hydrogen) atoms. The van der Waals surface area contributed by atoms with Crippen LogP contribution in [0, 0.1) is 34.5 Å². The maximum absolute atomic E-state index is 14.6. The van der Waals surface area contributed by atoms with Crippen LogP contribution in [0.2, 0.25) is 0 Å². The summed E-state index contributed by atoms with van der Waals surface area (Å²) in [6, 6.07) is 9.71. The summed E-state index contributed by atoms with van der Waals surface area (Å²) in [6.07, 6.45) is 7.89. The Morgan fingerprint density at radius 3 is 2.59 bits per heavy atom. The van der Waals surface area contributed by atoms with Crippen LogP contribution in [0.25, 0.3) is 0 Å². The third-order valence-corrected chi connectivity index (χ3v) is 10.8. The maximum Gasteiger partial charge on any atom is 0.329 e. The quantitative estimate of drug-likeness (QED) is 0.223. The number of nitrogens with zero attached hydrogens (tertiary/aromatic N) is 1. The summed E-state index contributed by atoms with van der Waals surface area (Å²) in [5, 5.41) is 12.3. The van der Waals surface area contributed by atoms with Gasteiger partial charge in [-0.15, -0.1) is 0 Å². The van der Waals surface area contributed by atoms with Crippen molar-refractivity contribution in [3.63, 3.8) is 0 Å². The van der Waals surface area contributed by atoms with Crippen molar-refractivity contribution < 1.29 is 19.4 Å². The van der Waals surface area contributed by atoms with E-state index < -0.39 is 11.0 Å². The molecule has 3 fully saturated rings. The van der Waals surface area contributed by atoms with Gasteiger partial charge >= 0.3 is 5.97 Å². The van der Waals surface area contributed by atoms with Crippen LogP contribution in [0.5, 0.6) is 0 Å². The molecule has 226 valence electrons. The van der Waals surface area contributed by atoms with Crippen molar-refractivity contribution in [3.05, 3.63) is 54.1 Å². The smallest absolute Gasteiger partial charge is 0.329 e. The van der Waals surface area contributed by atoms with Gasteiger partial charge in [0.1, 0.15) is 18.4 Å². The van der Waals surface area contributed by atoms with Gasteiger partial charge in [-0.3, -0.25) is 4.79 Å². The second-order valence-corrected chi connectivity index (χ2v) is 14.2. The molecule has 1 saturated heterocycles. The van der Waals surface area contributed by atoms with E-state index in [1.165, 1.54) is 0 Å². The average Bonchev–Trinajstić information content (AvgIpc) is 3.25. The summed E-state index contributed by atoms with van der Waals surface area (Å²) in [6.45, 7) is 19.9. The summed E-state index contributed by atoms with van der Waals surface area (Å²) < 4.78 is 5.91. The molecule has 2 aliphatic carbocycles. The summed E-state index contributed by atoms with van der Waals surface area (Å²) in [7, 11) is 0. The lowest BCUT2D eigenvalue weighted by Gasteiger charge is -2.48. The number of carbonyl (C=O) groups excluding carboxylic acids is 2. The zero-order chi connectivity index (χ0) is 30.2. The molecule has 0 aromatic heterocycles.